The molecule has 0 fully saturated rings. The number of nitrogens with zero attached hydrogens (tertiary/aromatic N) is 3. The molecule has 0 unspecified atom stereocenters. The number of carbonyl (C=O) groups excluding carboxylic acids is 2. The second-order valence-corrected chi connectivity index (χ2v) is 8.18. The van der Waals surface area contributed by atoms with Crippen molar-refractivity contribution in [3.8, 4) is 23.0 Å². The van der Waals surface area contributed by atoms with Gasteiger partial charge >= 0.3 is 0 Å². The van der Waals surface area contributed by atoms with Crippen molar-refractivity contribution in [1.82, 2.24) is 15.6 Å². The summed E-state index contributed by atoms with van der Waals surface area (Å²) in [5.74, 6) is -1.03. The summed E-state index contributed by atoms with van der Waals surface area (Å²) in [7, 11) is 0. The van der Waals surface area contributed by atoms with Gasteiger partial charge in [-0.15, -0.1) is 0 Å². The van der Waals surface area contributed by atoms with E-state index in [1.165, 1.54) is 48.8 Å². The normalized spacial score (nSPS) is 11.2. The number of amides is 2. The van der Waals surface area contributed by atoms with E-state index in [4.69, 9.17) is 0 Å². The van der Waals surface area contributed by atoms with Crippen molar-refractivity contribution in [1.29, 1.82) is 0 Å². The highest BCUT2D eigenvalue weighted by Gasteiger charge is 2.11. The molecule has 0 aliphatic rings. The predicted molar refractivity (Wildman–Crippen MR) is 143 cm³/mol. The minimum absolute atomic E-state index is 0.0343. The summed E-state index contributed by atoms with van der Waals surface area (Å²) in [6.45, 7) is 1.52. The van der Waals surface area contributed by atoms with E-state index in [2.05, 4.69) is 25.6 Å². The Kier molecular flexibility index (Phi) is 10.2. The molecule has 198 valence electrons. The Balaban J connectivity index is 1.36. The van der Waals surface area contributed by atoms with Crippen LogP contribution < -0.4 is 10.6 Å². The molecular weight excluding hydrogens is 490 g/mol. The van der Waals surface area contributed by atoms with Gasteiger partial charge in [0.1, 0.15) is 34.4 Å². The highest BCUT2D eigenvalue weighted by molar-refractivity contribution is 5.96. The van der Waals surface area contributed by atoms with Crippen LogP contribution in [0.3, 0.4) is 0 Å². The maximum atomic E-state index is 12.4. The number of phenolic OH excluding ortho intramolecular Hbond substituents is 4. The fourth-order valence-corrected chi connectivity index (χ4v) is 3.22. The molecular formula is C27H29N5O6. The van der Waals surface area contributed by atoms with Crippen LogP contribution in [-0.2, 0) is 0 Å². The molecule has 0 aliphatic heterocycles. The van der Waals surface area contributed by atoms with Gasteiger partial charge in [-0.05, 0) is 49.2 Å². The lowest BCUT2D eigenvalue weighted by Crippen LogP contribution is -2.29. The number of aromatic hydroxyl groups is 4. The highest BCUT2D eigenvalue weighted by Crippen LogP contribution is 2.21. The Hall–Kier alpha value is -4.93. The largest absolute Gasteiger partial charge is 0.508 e. The van der Waals surface area contributed by atoms with Gasteiger partial charge in [-0.25, -0.2) is 4.98 Å². The van der Waals surface area contributed by atoms with E-state index < -0.39 is 11.8 Å². The molecule has 1 aromatic heterocycles. The summed E-state index contributed by atoms with van der Waals surface area (Å²) in [6, 6.07) is 13.1. The molecule has 0 atom stereocenters. The van der Waals surface area contributed by atoms with Crippen molar-refractivity contribution >= 4 is 24.2 Å². The number of nitrogens with one attached hydrogen (secondary N) is 2. The van der Waals surface area contributed by atoms with E-state index in [0.29, 0.717) is 50.1 Å². The molecule has 38 heavy (non-hydrogen) atoms. The smallest absolute Gasteiger partial charge is 0.269 e. The Morgan fingerprint density at radius 1 is 0.711 bits per heavy atom. The van der Waals surface area contributed by atoms with Crippen LogP contribution in [0.4, 0.5) is 0 Å². The third-order valence-electron chi connectivity index (χ3n) is 5.20. The van der Waals surface area contributed by atoms with Crippen LogP contribution in [0, 0.1) is 0 Å². The average molecular weight is 520 g/mol. The van der Waals surface area contributed by atoms with E-state index in [0.717, 1.165) is 0 Å². The molecule has 11 nitrogen and oxygen atoms in total. The lowest BCUT2D eigenvalue weighted by atomic mass is 10.2. The number of hydrogen-bond donors (Lipinski definition) is 6. The van der Waals surface area contributed by atoms with E-state index in [9.17, 15) is 30.0 Å². The Bertz CT molecular complexity index is 1230. The van der Waals surface area contributed by atoms with Crippen molar-refractivity contribution in [2.24, 2.45) is 9.98 Å². The van der Waals surface area contributed by atoms with Crippen molar-refractivity contribution in [2.75, 3.05) is 26.2 Å². The van der Waals surface area contributed by atoms with Crippen LogP contribution in [0.2, 0.25) is 0 Å². The summed E-state index contributed by atoms with van der Waals surface area (Å²) in [5, 5.41) is 43.5. The first kappa shape index (κ1) is 27.7. The number of benzene rings is 2. The van der Waals surface area contributed by atoms with Crippen LogP contribution >= 0.6 is 0 Å². The number of pyridine rings is 1. The molecule has 0 saturated carbocycles. The Morgan fingerprint density at radius 3 is 1.58 bits per heavy atom. The lowest BCUT2D eigenvalue weighted by molar-refractivity contribution is 0.0944. The standard InChI is InChI=1S/C27H29N5O6/c33-20-8-6-18(24(35)14-20)16-28-10-2-12-30-26(37)22-4-1-5-23(32-22)27(38)31-13-3-11-29-17-19-7-9-21(34)15-25(19)36/h1,4-9,14-17,33-36H,2-3,10-13H2,(H,30,37)(H,31,38). The van der Waals surface area contributed by atoms with Crippen molar-refractivity contribution in [3.63, 3.8) is 0 Å². The summed E-state index contributed by atoms with van der Waals surface area (Å²) in [4.78, 5) is 37.3. The summed E-state index contributed by atoms with van der Waals surface area (Å²) in [5.41, 5.74) is 1.20. The zero-order valence-corrected chi connectivity index (χ0v) is 20.5. The van der Waals surface area contributed by atoms with Crippen LogP contribution in [0.15, 0.2) is 64.6 Å². The Morgan fingerprint density at radius 2 is 1.16 bits per heavy atom. The van der Waals surface area contributed by atoms with Crippen LogP contribution in [0.25, 0.3) is 0 Å². The zero-order valence-electron chi connectivity index (χ0n) is 20.5. The van der Waals surface area contributed by atoms with Gasteiger partial charge in [0.05, 0.1) is 0 Å². The maximum absolute atomic E-state index is 12.4. The number of rotatable bonds is 12. The lowest BCUT2D eigenvalue weighted by Gasteiger charge is -2.07. The molecule has 3 aromatic rings. The van der Waals surface area contributed by atoms with E-state index >= 15 is 0 Å². The minimum Gasteiger partial charge on any atom is -0.508 e. The number of aliphatic imine (C=N–C) groups is 2. The van der Waals surface area contributed by atoms with E-state index in [1.807, 2.05) is 0 Å². The predicted octanol–water partition coefficient (Wildman–Crippen LogP) is 2.38. The quantitative estimate of drug-likeness (QED) is 0.157. The fourth-order valence-electron chi connectivity index (χ4n) is 3.22. The van der Waals surface area contributed by atoms with E-state index in [1.54, 1.807) is 18.2 Å². The minimum atomic E-state index is -0.411. The summed E-state index contributed by atoms with van der Waals surface area (Å²) >= 11 is 0. The van der Waals surface area contributed by atoms with Crippen LogP contribution in [0.5, 0.6) is 23.0 Å². The van der Waals surface area contributed by atoms with Crippen LogP contribution in [-0.4, -0.2) is 75.8 Å². The Labute approximate surface area is 219 Å². The molecule has 2 amide bonds. The van der Waals surface area contributed by atoms with Gasteiger partial charge < -0.3 is 31.1 Å². The molecule has 1 heterocycles. The van der Waals surface area contributed by atoms with Gasteiger partial charge in [0, 0.05) is 61.9 Å². The average Bonchev–Trinajstić information content (AvgIpc) is 2.90. The first-order valence-electron chi connectivity index (χ1n) is 11.9. The molecule has 6 N–H and O–H groups in total. The molecule has 0 spiro atoms. The SMILES string of the molecule is O=C(NCCCN=Cc1ccc(O)cc1O)c1cccc(C(=O)NCCCN=Cc2ccc(O)cc2O)n1. The van der Waals surface area contributed by atoms with Gasteiger partial charge in [-0.3, -0.25) is 19.6 Å². The fraction of sp³-hybridized carbons (Fsp3) is 0.222. The highest BCUT2D eigenvalue weighted by atomic mass is 16.3. The first-order chi connectivity index (χ1) is 18.3. The molecule has 0 radical (unpaired) electrons. The van der Waals surface area contributed by atoms with Gasteiger partial charge in [0.15, 0.2) is 0 Å². The van der Waals surface area contributed by atoms with Gasteiger partial charge in [-0.2, -0.15) is 0 Å². The van der Waals surface area contributed by atoms with Crippen molar-refractivity contribution in [2.45, 2.75) is 12.8 Å². The van der Waals surface area contributed by atoms with E-state index in [-0.39, 0.29) is 34.4 Å². The summed E-state index contributed by atoms with van der Waals surface area (Å²) < 4.78 is 0. The third kappa shape index (κ3) is 8.63. The zero-order chi connectivity index (χ0) is 27.3. The monoisotopic (exact) mass is 519 g/mol. The topological polar surface area (TPSA) is 177 Å². The first-order valence-corrected chi connectivity index (χ1v) is 11.9. The summed E-state index contributed by atoms with van der Waals surface area (Å²) in [6.07, 6.45) is 4.09. The molecule has 3 rings (SSSR count). The number of phenols is 4. The maximum Gasteiger partial charge on any atom is 0.269 e. The molecule has 0 bridgehead atoms. The molecule has 2 aromatic carbocycles. The van der Waals surface area contributed by atoms with Gasteiger partial charge in [-0.1, -0.05) is 6.07 Å². The molecule has 0 saturated heterocycles. The second kappa shape index (κ2) is 14.0. The molecule has 0 aliphatic carbocycles. The third-order valence-corrected chi connectivity index (χ3v) is 5.20. The van der Waals surface area contributed by atoms with Crippen molar-refractivity contribution in [3.05, 3.63) is 77.1 Å². The van der Waals surface area contributed by atoms with Crippen LogP contribution in [0.1, 0.15) is 44.9 Å². The number of hydrogen-bond acceptors (Lipinski definition) is 9. The number of carbonyl (C=O) groups is 2. The number of aromatic nitrogens is 1. The second-order valence-electron chi connectivity index (χ2n) is 8.18. The molecule has 11 heteroatoms. The van der Waals surface area contributed by atoms with Crippen molar-refractivity contribution < 1.29 is 30.0 Å². The van der Waals surface area contributed by atoms with Gasteiger partial charge in [0.25, 0.3) is 11.8 Å². The van der Waals surface area contributed by atoms with Gasteiger partial charge in [0.2, 0.25) is 0 Å².